The highest BCUT2D eigenvalue weighted by Gasteiger charge is 2.43. The maximum absolute atomic E-state index is 3.85. The van der Waals surface area contributed by atoms with Crippen LogP contribution in [0.25, 0.3) is 11.1 Å². The number of fused-ring (bicyclic) bond motifs is 3. The summed E-state index contributed by atoms with van der Waals surface area (Å²) in [5.74, 6) is 0. The van der Waals surface area contributed by atoms with Gasteiger partial charge in [-0.05, 0) is 49.2 Å². The Hall–Kier alpha value is -3.52. The van der Waals surface area contributed by atoms with Gasteiger partial charge >= 0.3 is 0 Å². The number of anilines is 2. The zero-order valence-electron chi connectivity index (χ0n) is 16.7. The second-order valence-corrected chi connectivity index (χ2v) is 7.82. The quantitative estimate of drug-likeness (QED) is 0.387. The number of benzene rings is 4. The third-order valence-corrected chi connectivity index (χ3v) is 5.72. The van der Waals surface area contributed by atoms with E-state index in [1.54, 1.807) is 0 Å². The van der Waals surface area contributed by atoms with Crippen LogP contribution in [0.5, 0.6) is 0 Å². The van der Waals surface area contributed by atoms with Crippen LogP contribution in [0.15, 0.2) is 97.1 Å². The van der Waals surface area contributed by atoms with E-state index in [0.29, 0.717) is 0 Å². The van der Waals surface area contributed by atoms with E-state index in [2.05, 4.69) is 122 Å². The van der Waals surface area contributed by atoms with Gasteiger partial charge in [0.2, 0.25) is 0 Å². The number of rotatable bonds is 4. The van der Waals surface area contributed by atoms with Crippen LogP contribution in [-0.2, 0) is 5.66 Å². The zero-order valence-corrected chi connectivity index (χ0v) is 16.7. The topological polar surface area (TPSA) is 24.1 Å². The lowest BCUT2D eigenvalue weighted by molar-refractivity contribution is 0.700. The third-order valence-electron chi connectivity index (χ3n) is 5.72. The normalized spacial score (nSPS) is 13.4. The molecule has 2 heteroatoms. The highest BCUT2D eigenvalue weighted by Crippen LogP contribution is 2.49. The Labute approximate surface area is 172 Å². The van der Waals surface area contributed by atoms with E-state index in [1.807, 2.05) is 0 Å². The van der Waals surface area contributed by atoms with Crippen molar-refractivity contribution in [3.05, 3.63) is 119 Å². The van der Waals surface area contributed by atoms with Crippen LogP contribution in [-0.4, -0.2) is 0 Å². The Morgan fingerprint density at radius 1 is 0.483 bits per heavy atom. The first kappa shape index (κ1) is 17.6. The summed E-state index contributed by atoms with van der Waals surface area (Å²) in [6.45, 7) is 4.23. The Morgan fingerprint density at radius 3 is 1.28 bits per heavy atom. The summed E-state index contributed by atoms with van der Waals surface area (Å²) >= 11 is 0. The van der Waals surface area contributed by atoms with Crippen molar-refractivity contribution in [1.82, 2.24) is 0 Å². The van der Waals surface area contributed by atoms with Crippen LogP contribution >= 0.6 is 0 Å². The van der Waals surface area contributed by atoms with Crippen molar-refractivity contribution in [3.8, 4) is 11.1 Å². The lowest BCUT2D eigenvalue weighted by atomic mass is 9.95. The van der Waals surface area contributed by atoms with Gasteiger partial charge in [0.25, 0.3) is 0 Å². The molecule has 0 aromatic heterocycles. The molecule has 0 atom stereocenters. The SMILES string of the molecule is Cc1ccc(NC2(Nc3ccc(C)cc3)c3ccccc3-c3ccccc32)cc1. The molecule has 0 amide bonds. The summed E-state index contributed by atoms with van der Waals surface area (Å²) in [6.07, 6.45) is 0. The van der Waals surface area contributed by atoms with Gasteiger partial charge in [0.05, 0.1) is 0 Å². The van der Waals surface area contributed by atoms with E-state index in [-0.39, 0.29) is 0 Å². The monoisotopic (exact) mass is 376 g/mol. The van der Waals surface area contributed by atoms with Gasteiger partial charge in [-0.15, -0.1) is 0 Å². The third kappa shape index (κ3) is 2.98. The molecule has 4 aromatic rings. The molecule has 2 N–H and O–H groups in total. The molecule has 0 unspecified atom stereocenters. The molecule has 0 fully saturated rings. The second-order valence-electron chi connectivity index (χ2n) is 7.82. The lowest BCUT2D eigenvalue weighted by Crippen LogP contribution is -2.42. The standard InChI is InChI=1S/C27H24N2/c1-19-11-15-21(16-12-19)28-27(29-22-17-13-20(2)14-18-22)25-9-5-3-7-23(25)24-8-4-6-10-26(24)27/h3-18,28-29H,1-2H3. The average molecular weight is 377 g/mol. The van der Waals surface area contributed by atoms with Crippen LogP contribution in [0, 0.1) is 13.8 Å². The maximum Gasteiger partial charge on any atom is 0.162 e. The summed E-state index contributed by atoms with van der Waals surface area (Å²) in [6, 6.07) is 34.5. The minimum atomic E-state index is -0.544. The summed E-state index contributed by atoms with van der Waals surface area (Å²) in [7, 11) is 0. The van der Waals surface area contributed by atoms with Crippen LogP contribution in [0.4, 0.5) is 11.4 Å². The van der Waals surface area contributed by atoms with Gasteiger partial charge in [0, 0.05) is 22.5 Å². The maximum atomic E-state index is 3.85. The molecule has 0 aliphatic heterocycles. The van der Waals surface area contributed by atoms with Gasteiger partial charge in [-0.1, -0.05) is 83.9 Å². The molecule has 1 aliphatic rings. The Kier molecular flexibility index (Phi) is 4.13. The van der Waals surface area contributed by atoms with Crippen molar-refractivity contribution in [2.75, 3.05) is 10.6 Å². The molecule has 142 valence electrons. The predicted octanol–water partition coefficient (Wildman–Crippen LogP) is 6.71. The largest absolute Gasteiger partial charge is 0.355 e. The van der Waals surface area contributed by atoms with E-state index >= 15 is 0 Å². The van der Waals surface area contributed by atoms with Crippen molar-refractivity contribution in [1.29, 1.82) is 0 Å². The fourth-order valence-corrected chi connectivity index (χ4v) is 4.24. The highest BCUT2D eigenvalue weighted by molar-refractivity contribution is 5.84. The van der Waals surface area contributed by atoms with Crippen LogP contribution < -0.4 is 10.6 Å². The summed E-state index contributed by atoms with van der Waals surface area (Å²) in [4.78, 5) is 0. The zero-order chi connectivity index (χ0) is 19.8. The molecule has 29 heavy (non-hydrogen) atoms. The molecule has 1 aliphatic carbocycles. The second kappa shape index (κ2) is 6.82. The van der Waals surface area contributed by atoms with E-state index in [1.165, 1.54) is 33.4 Å². The van der Waals surface area contributed by atoms with Crippen LogP contribution in [0.2, 0.25) is 0 Å². The van der Waals surface area contributed by atoms with Gasteiger partial charge in [0.1, 0.15) is 0 Å². The van der Waals surface area contributed by atoms with Crippen LogP contribution in [0.3, 0.4) is 0 Å². The van der Waals surface area contributed by atoms with E-state index in [4.69, 9.17) is 0 Å². The predicted molar refractivity (Wildman–Crippen MR) is 122 cm³/mol. The Bertz CT molecular complexity index is 1060. The number of hydrogen-bond acceptors (Lipinski definition) is 2. The molecule has 4 aromatic carbocycles. The molecule has 0 saturated carbocycles. The first-order valence-corrected chi connectivity index (χ1v) is 10.0. The summed E-state index contributed by atoms with van der Waals surface area (Å²) < 4.78 is 0. The molecule has 5 rings (SSSR count). The van der Waals surface area contributed by atoms with Gasteiger partial charge in [0.15, 0.2) is 5.66 Å². The fraction of sp³-hybridized carbons (Fsp3) is 0.111. The van der Waals surface area contributed by atoms with Gasteiger partial charge in [-0.3, -0.25) is 0 Å². The summed E-state index contributed by atoms with van der Waals surface area (Å²) in [5.41, 5.74) is 9.14. The minimum absolute atomic E-state index is 0.544. The average Bonchev–Trinajstić information content (AvgIpc) is 3.02. The van der Waals surface area contributed by atoms with Gasteiger partial charge < -0.3 is 10.6 Å². The number of nitrogens with one attached hydrogen (secondary N) is 2. The Balaban J connectivity index is 1.71. The van der Waals surface area contributed by atoms with Gasteiger partial charge in [-0.2, -0.15) is 0 Å². The Morgan fingerprint density at radius 2 is 0.862 bits per heavy atom. The minimum Gasteiger partial charge on any atom is -0.355 e. The van der Waals surface area contributed by atoms with Gasteiger partial charge in [-0.25, -0.2) is 0 Å². The molecule has 0 heterocycles. The van der Waals surface area contributed by atoms with E-state index in [9.17, 15) is 0 Å². The van der Waals surface area contributed by atoms with Crippen molar-refractivity contribution in [2.45, 2.75) is 19.5 Å². The molecule has 2 nitrogen and oxygen atoms in total. The molecular weight excluding hydrogens is 352 g/mol. The van der Waals surface area contributed by atoms with Crippen molar-refractivity contribution in [3.63, 3.8) is 0 Å². The first-order chi connectivity index (χ1) is 14.2. The first-order valence-electron chi connectivity index (χ1n) is 10.0. The lowest BCUT2D eigenvalue weighted by Gasteiger charge is -2.36. The molecule has 0 saturated heterocycles. The number of aryl methyl sites for hydroxylation is 2. The van der Waals surface area contributed by atoms with Crippen molar-refractivity contribution < 1.29 is 0 Å². The molecule has 0 spiro atoms. The molecular formula is C27H24N2. The van der Waals surface area contributed by atoms with E-state index in [0.717, 1.165) is 11.4 Å². The fourth-order valence-electron chi connectivity index (χ4n) is 4.24. The van der Waals surface area contributed by atoms with Crippen LogP contribution in [0.1, 0.15) is 22.3 Å². The molecule has 0 radical (unpaired) electrons. The van der Waals surface area contributed by atoms with E-state index < -0.39 is 5.66 Å². The smallest absolute Gasteiger partial charge is 0.162 e. The highest BCUT2D eigenvalue weighted by atomic mass is 15.2. The summed E-state index contributed by atoms with van der Waals surface area (Å²) in [5, 5.41) is 7.69. The number of hydrogen-bond donors (Lipinski definition) is 2. The van der Waals surface area contributed by atoms with Crippen molar-refractivity contribution in [2.24, 2.45) is 0 Å². The van der Waals surface area contributed by atoms with Crippen molar-refractivity contribution >= 4 is 11.4 Å². The molecule has 0 bridgehead atoms.